The van der Waals surface area contributed by atoms with Crippen LogP contribution in [-0.4, -0.2) is 93.1 Å². The van der Waals surface area contributed by atoms with E-state index in [0.29, 0.717) is 19.6 Å². The number of benzene rings is 4. The van der Waals surface area contributed by atoms with Crippen molar-refractivity contribution < 1.29 is 19.8 Å². The van der Waals surface area contributed by atoms with Crippen molar-refractivity contribution in [1.82, 2.24) is 30.2 Å². The van der Waals surface area contributed by atoms with Crippen molar-refractivity contribution in [2.75, 3.05) is 39.3 Å². The lowest BCUT2D eigenvalue weighted by atomic mass is 10.00. The molecule has 0 radical (unpaired) electrons. The highest BCUT2D eigenvalue weighted by Crippen LogP contribution is 2.23. The van der Waals surface area contributed by atoms with E-state index in [9.17, 15) is 19.8 Å². The van der Waals surface area contributed by atoms with Gasteiger partial charge in [-0.25, -0.2) is 0 Å². The zero-order valence-corrected chi connectivity index (χ0v) is 30.7. The number of aromatic nitrogens is 2. The number of nitrogens with one attached hydrogen (secondary N) is 2. The predicted octanol–water partition coefficient (Wildman–Crippen LogP) is 3.75. The zero-order valence-electron chi connectivity index (χ0n) is 30.7. The molecule has 0 fully saturated rings. The molecule has 2 unspecified atom stereocenters. The van der Waals surface area contributed by atoms with E-state index in [2.05, 4.69) is 74.1 Å². The smallest absolute Gasteiger partial charge is 0.224 e. The number of carbonyl (C=O) groups is 2. The van der Waals surface area contributed by atoms with E-state index in [0.717, 1.165) is 67.0 Å². The number of hydrogen-bond acceptors (Lipinski definition) is 7. The summed E-state index contributed by atoms with van der Waals surface area (Å²) >= 11 is 0. The lowest BCUT2D eigenvalue weighted by molar-refractivity contribution is -0.121. The number of fused-ring (bicyclic) bond motifs is 2. The van der Waals surface area contributed by atoms with E-state index in [1.54, 1.807) is 6.20 Å². The lowest BCUT2D eigenvalue weighted by Crippen LogP contribution is -2.42. The van der Waals surface area contributed by atoms with Gasteiger partial charge in [-0.3, -0.25) is 24.1 Å². The zero-order chi connectivity index (χ0) is 37.3. The predicted molar refractivity (Wildman–Crippen MR) is 209 cm³/mol. The summed E-state index contributed by atoms with van der Waals surface area (Å²) in [5.41, 5.74) is 10.0. The van der Waals surface area contributed by atoms with Gasteiger partial charge in [0.15, 0.2) is 0 Å². The summed E-state index contributed by atoms with van der Waals surface area (Å²) in [4.78, 5) is 30.2. The Balaban J connectivity index is 0.866. The molecule has 0 spiro atoms. The summed E-state index contributed by atoms with van der Waals surface area (Å²) in [6.07, 6.45) is 2.85. The standard InChI is InChI=1S/C44H50N6O4/c51-40(30-48-19-16-35-10-1-3-12-38(35)28-48)25-45-43(53)23-32-7-5-9-34(21-32)27-50-42(15-18-47-50)37-14-6-8-33(22-37)24-44(54)46-26-41(52)31-49-20-17-36-11-2-4-13-39(36)29-49/h1-15,18,21-22,40-41,51-52H,16-17,19-20,23-31H2,(H,45,53)(H,46,54). The summed E-state index contributed by atoms with van der Waals surface area (Å²) < 4.78 is 1.92. The lowest BCUT2D eigenvalue weighted by Gasteiger charge is -2.30. The molecule has 10 nitrogen and oxygen atoms in total. The third-order valence-corrected chi connectivity index (χ3v) is 10.4. The number of aliphatic hydroxyl groups is 2. The van der Waals surface area contributed by atoms with Crippen LogP contribution in [0.15, 0.2) is 109 Å². The molecule has 1 aromatic heterocycles. The fourth-order valence-corrected chi connectivity index (χ4v) is 7.66. The molecular formula is C44H50N6O4. The molecule has 0 saturated heterocycles. The number of β-amino-alcohol motifs (C(OH)–C–C–N with tert-alkyl or cyclic N) is 2. The largest absolute Gasteiger partial charge is 0.390 e. The van der Waals surface area contributed by atoms with E-state index >= 15 is 0 Å². The molecule has 2 atom stereocenters. The first-order valence-electron chi connectivity index (χ1n) is 19.0. The minimum Gasteiger partial charge on any atom is -0.390 e. The summed E-state index contributed by atoms with van der Waals surface area (Å²) in [6, 6.07) is 34.6. The highest BCUT2D eigenvalue weighted by molar-refractivity contribution is 5.79. The van der Waals surface area contributed by atoms with Crippen LogP contribution in [0.3, 0.4) is 0 Å². The maximum atomic E-state index is 12.9. The fourth-order valence-electron chi connectivity index (χ4n) is 7.66. The van der Waals surface area contributed by atoms with E-state index in [1.165, 1.54) is 22.3 Å². The monoisotopic (exact) mass is 726 g/mol. The van der Waals surface area contributed by atoms with Gasteiger partial charge in [0.05, 0.1) is 37.3 Å². The Morgan fingerprint density at radius 2 is 1.15 bits per heavy atom. The van der Waals surface area contributed by atoms with Gasteiger partial charge in [0.2, 0.25) is 11.8 Å². The minimum absolute atomic E-state index is 0.126. The SMILES string of the molecule is O=C(Cc1cccc(Cn2nccc2-c2cccc(CC(=O)NCC(O)CN3CCc4ccccc4C3)c2)c1)NCC(O)CN1CCc2ccccc2C1. The maximum absolute atomic E-state index is 12.9. The van der Waals surface area contributed by atoms with Crippen LogP contribution in [0.1, 0.15) is 38.9 Å². The van der Waals surface area contributed by atoms with Crippen molar-refractivity contribution in [3.8, 4) is 11.3 Å². The Hall–Kier alpha value is -5.13. The molecule has 5 aromatic rings. The Kier molecular flexibility index (Phi) is 12.3. The second kappa shape index (κ2) is 17.8. The summed E-state index contributed by atoms with van der Waals surface area (Å²) in [5, 5.41) is 31.7. The molecular weight excluding hydrogens is 677 g/mol. The Bertz CT molecular complexity index is 2040. The van der Waals surface area contributed by atoms with Crippen LogP contribution in [-0.2, 0) is 54.9 Å². The van der Waals surface area contributed by atoms with E-state index < -0.39 is 12.2 Å². The minimum atomic E-state index is -0.644. The molecule has 3 heterocycles. The second-order valence-electron chi connectivity index (χ2n) is 14.7. The molecule has 280 valence electrons. The molecule has 2 aliphatic rings. The molecule has 2 amide bonds. The van der Waals surface area contributed by atoms with Gasteiger partial charge in [0, 0.05) is 64.1 Å². The molecule has 4 aromatic carbocycles. The van der Waals surface area contributed by atoms with Gasteiger partial charge >= 0.3 is 0 Å². The molecule has 0 saturated carbocycles. The van der Waals surface area contributed by atoms with Gasteiger partial charge < -0.3 is 20.8 Å². The average Bonchev–Trinajstić information content (AvgIpc) is 3.64. The van der Waals surface area contributed by atoms with E-state index in [-0.39, 0.29) is 37.7 Å². The second-order valence-corrected chi connectivity index (χ2v) is 14.7. The number of nitrogens with zero attached hydrogens (tertiary/aromatic N) is 4. The molecule has 0 aliphatic carbocycles. The molecule has 2 aliphatic heterocycles. The number of hydrogen-bond donors (Lipinski definition) is 4. The average molecular weight is 727 g/mol. The maximum Gasteiger partial charge on any atom is 0.224 e. The van der Waals surface area contributed by atoms with Gasteiger partial charge in [0.1, 0.15) is 0 Å². The van der Waals surface area contributed by atoms with Crippen LogP contribution >= 0.6 is 0 Å². The molecule has 4 N–H and O–H groups in total. The van der Waals surface area contributed by atoms with Crippen molar-refractivity contribution in [3.05, 3.63) is 148 Å². The summed E-state index contributed by atoms with van der Waals surface area (Å²) in [5.74, 6) is -0.259. The summed E-state index contributed by atoms with van der Waals surface area (Å²) in [7, 11) is 0. The van der Waals surface area contributed by atoms with Crippen LogP contribution in [0.2, 0.25) is 0 Å². The Morgan fingerprint density at radius 3 is 1.74 bits per heavy atom. The van der Waals surface area contributed by atoms with Crippen LogP contribution in [0.5, 0.6) is 0 Å². The van der Waals surface area contributed by atoms with Crippen molar-refractivity contribution in [1.29, 1.82) is 0 Å². The van der Waals surface area contributed by atoms with Crippen LogP contribution < -0.4 is 10.6 Å². The molecule has 10 heteroatoms. The molecule has 54 heavy (non-hydrogen) atoms. The normalized spacial score (nSPS) is 15.5. The van der Waals surface area contributed by atoms with E-state index in [1.807, 2.05) is 59.3 Å². The highest BCUT2D eigenvalue weighted by Gasteiger charge is 2.20. The first-order valence-corrected chi connectivity index (χ1v) is 19.0. The Labute approximate surface area is 317 Å². The number of carbonyl (C=O) groups excluding carboxylic acids is 2. The summed E-state index contributed by atoms with van der Waals surface area (Å²) in [6.45, 7) is 5.40. The van der Waals surface area contributed by atoms with Gasteiger partial charge in [-0.15, -0.1) is 0 Å². The van der Waals surface area contributed by atoms with Gasteiger partial charge in [-0.05, 0) is 63.9 Å². The third kappa shape index (κ3) is 10.1. The topological polar surface area (TPSA) is 123 Å². The first-order chi connectivity index (χ1) is 26.3. The fraction of sp³-hybridized carbons (Fsp3) is 0.341. The van der Waals surface area contributed by atoms with Crippen molar-refractivity contribution in [2.24, 2.45) is 0 Å². The van der Waals surface area contributed by atoms with Crippen molar-refractivity contribution in [2.45, 2.75) is 57.5 Å². The number of amides is 2. The number of rotatable bonds is 15. The third-order valence-electron chi connectivity index (χ3n) is 10.4. The highest BCUT2D eigenvalue weighted by atomic mass is 16.3. The van der Waals surface area contributed by atoms with Gasteiger partial charge in [-0.2, -0.15) is 5.10 Å². The number of aliphatic hydroxyl groups excluding tert-OH is 2. The van der Waals surface area contributed by atoms with Crippen molar-refractivity contribution in [3.63, 3.8) is 0 Å². The quantitative estimate of drug-likeness (QED) is 0.130. The van der Waals surface area contributed by atoms with Gasteiger partial charge in [-0.1, -0.05) is 91.0 Å². The molecule has 7 rings (SSSR count). The van der Waals surface area contributed by atoms with E-state index in [4.69, 9.17) is 0 Å². The van der Waals surface area contributed by atoms with Crippen LogP contribution in [0.4, 0.5) is 0 Å². The van der Waals surface area contributed by atoms with Crippen molar-refractivity contribution >= 4 is 11.8 Å². The van der Waals surface area contributed by atoms with Crippen LogP contribution in [0, 0.1) is 0 Å². The van der Waals surface area contributed by atoms with Gasteiger partial charge in [0.25, 0.3) is 0 Å². The first kappa shape index (κ1) is 37.2. The Morgan fingerprint density at radius 1 is 0.630 bits per heavy atom. The molecule has 0 bridgehead atoms. The van der Waals surface area contributed by atoms with Crippen LogP contribution in [0.25, 0.3) is 11.3 Å².